The van der Waals surface area contributed by atoms with Crippen molar-refractivity contribution in [2.24, 2.45) is 0 Å². The summed E-state index contributed by atoms with van der Waals surface area (Å²) in [5.41, 5.74) is 17.0. The average molecular weight is 726 g/mol. The fourth-order valence-corrected chi connectivity index (χ4v) is 9.81. The highest BCUT2D eigenvalue weighted by molar-refractivity contribution is 6.14. The number of hydrogen-bond donors (Lipinski definition) is 0. The summed E-state index contributed by atoms with van der Waals surface area (Å²) in [6.45, 7) is 0. The molecule has 0 amide bonds. The van der Waals surface area contributed by atoms with Gasteiger partial charge in [-0.05, 0) is 86.5 Å². The molecule has 0 atom stereocenters. The normalized spacial score (nSPS) is 13.1. The molecule has 0 radical (unpaired) electrons. The number of nitrogens with zero attached hydrogens (tertiary/aromatic N) is 1. The molecule has 0 saturated carbocycles. The van der Waals surface area contributed by atoms with Gasteiger partial charge in [0.15, 0.2) is 0 Å². The maximum atomic E-state index is 7.06. The molecule has 12 rings (SSSR count). The fourth-order valence-electron chi connectivity index (χ4n) is 9.81. The van der Waals surface area contributed by atoms with E-state index in [-0.39, 0.29) is 0 Å². The number of benzene rings is 9. The van der Waals surface area contributed by atoms with Crippen molar-refractivity contribution in [2.75, 3.05) is 0 Å². The van der Waals surface area contributed by atoms with Crippen molar-refractivity contribution in [2.45, 2.75) is 5.41 Å². The molecule has 1 aliphatic carbocycles. The largest absolute Gasteiger partial charge is 0.455 e. The van der Waals surface area contributed by atoms with E-state index in [4.69, 9.17) is 4.42 Å². The van der Waals surface area contributed by atoms with Crippen LogP contribution >= 0.6 is 0 Å². The molecule has 0 spiro atoms. The number of para-hydroxylation sites is 2. The molecule has 11 aromatic rings. The van der Waals surface area contributed by atoms with Crippen LogP contribution in [0.2, 0.25) is 0 Å². The minimum atomic E-state index is -0.484. The number of aromatic nitrogens is 1. The summed E-state index contributed by atoms with van der Waals surface area (Å²) in [5.74, 6) is 0. The summed E-state index contributed by atoms with van der Waals surface area (Å²) in [6.07, 6.45) is 0. The Morgan fingerprint density at radius 1 is 0.351 bits per heavy atom. The highest BCUT2D eigenvalue weighted by Crippen LogP contribution is 2.57. The lowest BCUT2D eigenvalue weighted by atomic mass is 9.67. The van der Waals surface area contributed by atoms with Gasteiger partial charge in [0.2, 0.25) is 0 Å². The topological polar surface area (TPSA) is 18.1 Å². The van der Waals surface area contributed by atoms with Crippen molar-refractivity contribution in [3.63, 3.8) is 0 Å². The number of furan rings is 1. The third-order valence-electron chi connectivity index (χ3n) is 12.3. The SMILES string of the molecule is c1ccc(-c2ccc(-n3c4ccccc4c4ccc(-c5cccc6c5oc5cc7c(cc56)-c5ccccc5C7(c5ccccc5)c5ccccc5)cc43)cc2)cc1. The van der Waals surface area contributed by atoms with Gasteiger partial charge in [-0.3, -0.25) is 0 Å². The monoisotopic (exact) mass is 725 g/mol. The van der Waals surface area contributed by atoms with Crippen LogP contribution in [-0.4, -0.2) is 4.57 Å². The maximum Gasteiger partial charge on any atom is 0.143 e. The van der Waals surface area contributed by atoms with Crippen LogP contribution in [0.15, 0.2) is 217 Å². The van der Waals surface area contributed by atoms with E-state index in [1.165, 1.54) is 66.3 Å². The number of rotatable bonds is 5. The Bertz CT molecular complexity index is 3280. The van der Waals surface area contributed by atoms with Crippen LogP contribution in [0.5, 0.6) is 0 Å². The van der Waals surface area contributed by atoms with Crippen molar-refractivity contribution in [3.05, 3.63) is 235 Å². The van der Waals surface area contributed by atoms with Crippen molar-refractivity contribution < 1.29 is 4.42 Å². The second-order valence-electron chi connectivity index (χ2n) is 15.2. The van der Waals surface area contributed by atoms with Gasteiger partial charge in [-0.2, -0.15) is 0 Å². The van der Waals surface area contributed by atoms with Gasteiger partial charge in [0.05, 0.1) is 16.4 Å². The van der Waals surface area contributed by atoms with Crippen molar-refractivity contribution >= 4 is 43.7 Å². The summed E-state index contributed by atoms with van der Waals surface area (Å²) < 4.78 is 9.46. The molecule has 2 heterocycles. The third kappa shape index (κ3) is 4.59. The molecule has 0 saturated heterocycles. The van der Waals surface area contributed by atoms with Crippen LogP contribution in [-0.2, 0) is 5.41 Å². The van der Waals surface area contributed by atoms with Gasteiger partial charge in [-0.25, -0.2) is 0 Å². The van der Waals surface area contributed by atoms with E-state index in [2.05, 4.69) is 217 Å². The molecule has 2 nitrogen and oxygen atoms in total. The van der Waals surface area contributed by atoms with Crippen molar-refractivity contribution in [1.82, 2.24) is 4.57 Å². The first-order chi connectivity index (χ1) is 28.3. The molecule has 9 aromatic carbocycles. The van der Waals surface area contributed by atoms with Crippen LogP contribution in [0, 0.1) is 0 Å². The molecular formula is C55H35NO. The molecule has 0 fully saturated rings. The van der Waals surface area contributed by atoms with Crippen LogP contribution in [0.4, 0.5) is 0 Å². The van der Waals surface area contributed by atoms with Crippen LogP contribution in [0.3, 0.4) is 0 Å². The molecule has 0 bridgehead atoms. The summed E-state index contributed by atoms with van der Waals surface area (Å²) in [4.78, 5) is 0. The Labute approximate surface area is 330 Å². The molecule has 0 N–H and O–H groups in total. The van der Waals surface area contributed by atoms with E-state index < -0.39 is 5.41 Å². The number of hydrogen-bond acceptors (Lipinski definition) is 1. The zero-order valence-electron chi connectivity index (χ0n) is 31.1. The maximum absolute atomic E-state index is 7.06. The van der Waals surface area contributed by atoms with Gasteiger partial charge < -0.3 is 8.98 Å². The lowest BCUT2D eigenvalue weighted by Crippen LogP contribution is -2.28. The Balaban J connectivity index is 1.07. The van der Waals surface area contributed by atoms with Crippen molar-refractivity contribution in [1.29, 1.82) is 0 Å². The van der Waals surface area contributed by atoms with Gasteiger partial charge in [-0.1, -0.05) is 176 Å². The highest BCUT2D eigenvalue weighted by Gasteiger charge is 2.46. The van der Waals surface area contributed by atoms with E-state index in [1.54, 1.807) is 0 Å². The molecule has 2 heteroatoms. The first-order valence-corrected chi connectivity index (χ1v) is 19.7. The Morgan fingerprint density at radius 2 is 0.947 bits per heavy atom. The minimum Gasteiger partial charge on any atom is -0.455 e. The van der Waals surface area contributed by atoms with E-state index in [1.807, 2.05) is 0 Å². The van der Waals surface area contributed by atoms with Gasteiger partial charge in [-0.15, -0.1) is 0 Å². The second kappa shape index (κ2) is 12.3. The molecule has 0 aliphatic heterocycles. The van der Waals surface area contributed by atoms with Crippen LogP contribution < -0.4 is 0 Å². The van der Waals surface area contributed by atoms with E-state index >= 15 is 0 Å². The Kier molecular flexibility index (Phi) is 6.88. The summed E-state index contributed by atoms with van der Waals surface area (Å²) >= 11 is 0. The molecule has 0 unspecified atom stereocenters. The van der Waals surface area contributed by atoms with E-state index in [0.717, 1.165) is 38.8 Å². The predicted molar refractivity (Wildman–Crippen MR) is 236 cm³/mol. The fraction of sp³-hybridized carbons (Fsp3) is 0.0182. The van der Waals surface area contributed by atoms with Gasteiger partial charge in [0.1, 0.15) is 11.2 Å². The van der Waals surface area contributed by atoms with E-state index in [9.17, 15) is 0 Å². The smallest absolute Gasteiger partial charge is 0.143 e. The quantitative estimate of drug-likeness (QED) is 0.173. The average Bonchev–Trinajstić information content (AvgIpc) is 3.92. The Hall–Kier alpha value is -7.42. The summed E-state index contributed by atoms with van der Waals surface area (Å²) in [7, 11) is 0. The zero-order chi connectivity index (χ0) is 37.5. The summed E-state index contributed by atoms with van der Waals surface area (Å²) in [5, 5.41) is 4.72. The standard InChI is InChI=1S/C55H35NO/c1-4-15-36(16-5-1)37-27-30-41(31-28-37)56-51-26-13-11-22-44(51)45-32-29-38(33-52(45)56)42-23-14-24-46-48-34-47-43-21-10-12-25-49(43)55(39-17-6-2-7-18-39,40-19-8-3-9-20-40)50(47)35-53(48)57-54(42)46/h1-35H. The highest BCUT2D eigenvalue weighted by atomic mass is 16.3. The second-order valence-corrected chi connectivity index (χ2v) is 15.2. The van der Waals surface area contributed by atoms with Crippen LogP contribution in [0.25, 0.3) is 82.8 Å². The molecule has 2 aromatic heterocycles. The van der Waals surface area contributed by atoms with Gasteiger partial charge in [0, 0.05) is 32.8 Å². The lowest BCUT2D eigenvalue weighted by Gasteiger charge is -2.33. The summed E-state index contributed by atoms with van der Waals surface area (Å²) in [6, 6.07) is 77.2. The zero-order valence-corrected chi connectivity index (χ0v) is 31.1. The third-order valence-corrected chi connectivity index (χ3v) is 12.3. The molecule has 266 valence electrons. The first-order valence-electron chi connectivity index (χ1n) is 19.7. The van der Waals surface area contributed by atoms with E-state index in [0.29, 0.717) is 0 Å². The van der Waals surface area contributed by atoms with Gasteiger partial charge >= 0.3 is 0 Å². The first kappa shape index (κ1) is 31.9. The molecular weight excluding hydrogens is 691 g/mol. The number of fused-ring (bicyclic) bond motifs is 9. The Morgan fingerprint density at radius 3 is 1.72 bits per heavy atom. The van der Waals surface area contributed by atoms with Crippen molar-refractivity contribution in [3.8, 4) is 39.1 Å². The van der Waals surface area contributed by atoms with Gasteiger partial charge in [0.25, 0.3) is 0 Å². The predicted octanol–water partition coefficient (Wildman–Crippen LogP) is 14.4. The molecule has 1 aliphatic rings. The van der Waals surface area contributed by atoms with Crippen LogP contribution in [0.1, 0.15) is 22.3 Å². The lowest BCUT2D eigenvalue weighted by molar-refractivity contribution is 0.667. The minimum absolute atomic E-state index is 0.484. The molecule has 57 heavy (non-hydrogen) atoms.